The number of halogens is 2. The molecular weight excluding hydrogens is 186 g/mol. The van der Waals surface area contributed by atoms with E-state index in [1.54, 1.807) is 6.20 Å². The van der Waals surface area contributed by atoms with Crippen LogP contribution in [0.5, 0.6) is 0 Å². The number of hydrogen-bond donors (Lipinski definition) is 1. The molecule has 0 aromatic rings. The molecule has 0 aromatic heterocycles. The third-order valence-corrected chi connectivity index (χ3v) is 2.30. The summed E-state index contributed by atoms with van der Waals surface area (Å²) in [6.07, 6.45) is 3.45. The molecule has 2 rings (SSSR count). The van der Waals surface area contributed by atoms with E-state index < -0.39 is 11.7 Å². The van der Waals surface area contributed by atoms with Gasteiger partial charge in [-0.1, -0.05) is 0 Å². The van der Waals surface area contributed by atoms with Crippen LogP contribution in [-0.4, -0.2) is 12.3 Å². The smallest absolute Gasteiger partial charge is 0.155 e. The van der Waals surface area contributed by atoms with Crippen molar-refractivity contribution in [3.8, 4) is 0 Å². The van der Waals surface area contributed by atoms with Crippen LogP contribution in [0.25, 0.3) is 0 Å². The first kappa shape index (κ1) is 9.27. The summed E-state index contributed by atoms with van der Waals surface area (Å²) in [6.45, 7) is 0.486. The number of nitrogens with two attached hydrogens (primary N) is 1. The Morgan fingerprint density at radius 3 is 2.93 bits per heavy atom. The molecule has 0 amide bonds. The van der Waals surface area contributed by atoms with Crippen molar-refractivity contribution < 1.29 is 8.78 Å². The standard InChI is InChI=1S/C10H10F2N2/c11-8-3-7-6(1-2-13)5-14-10(7)4-9(8)12/h3,5H,1-2,4,13H2. The Bertz CT molecular complexity index is 389. The maximum absolute atomic E-state index is 12.9. The normalized spacial score (nSPS) is 20.4. The minimum Gasteiger partial charge on any atom is -0.330 e. The molecule has 0 aromatic carbocycles. The first-order valence-electron chi connectivity index (χ1n) is 4.44. The quantitative estimate of drug-likeness (QED) is 0.722. The fourth-order valence-corrected chi connectivity index (χ4v) is 1.59. The zero-order valence-electron chi connectivity index (χ0n) is 7.56. The molecule has 0 atom stereocenters. The third kappa shape index (κ3) is 1.42. The van der Waals surface area contributed by atoms with E-state index in [0.717, 1.165) is 5.57 Å². The molecule has 74 valence electrons. The van der Waals surface area contributed by atoms with Crippen molar-refractivity contribution >= 4 is 5.71 Å². The number of fused-ring (bicyclic) bond motifs is 1. The van der Waals surface area contributed by atoms with Gasteiger partial charge in [0, 0.05) is 18.2 Å². The SMILES string of the molecule is NCCC1=CN=C2CC(F)=C(F)C=C12. The van der Waals surface area contributed by atoms with Gasteiger partial charge in [-0.25, -0.2) is 8.78 Å². The first-order valence-corrected chi connectivity index (χ1v) is 4.44. The van der Waals surface area contributed by atoms with Gasteiger partial charge in [0.15, 0.2) is 5.83 Å². The van der Waals surface area contributed by atoms with Gasteiger partial charge in [-0.15, -0.1) is 0 Å². The summed E-state index contributed by atoms with van der Waals surface area (Å²) < 4.78 is 25.8. The van der Waals surface area contributed by atoms with Gasteiger partial charge in [0.2, 0.25) is 0 Å². The summed E-state index contributed by atoms with van der Waals surface area (Å²) in [5, 5.41) is 0. The van der Waals surface area contributed by atoms with Crippen molar-refractivity contribution in [2.45, 2.75) is 12.8 Å². The van der Waals surface area contributed by atoms with E-state index in [0.29, 0.717) is 24.3 Å². The molecule has 14 heavy (non-hydrogen) atoms. The number of allylic oxidation sites excluding steroid dienone is 4. The molecule has 0 saturated carbocycles. The summed E-state index contributed by atoms with van der Waals surface area (Å²) in [5.74, 6) is -1.53. The largest absolute Gasteiger partial charge is 0.330 e. The molecule has 1 heterocycles. The summed E-state index contributed by atoms with van der Waals surface area (Å²) >= 11 is 0. The molecular formula is C10H10F2N2. The fraction of sp³-hybridized carbons (Fsp3) is 0.300. The van der Waals surface area contributed by atoms with Crippen LogP contribution in [0.1, 0.15) is 12.8 Å². The lowest BCUT2D eigenvalue weighted by Gasteiger charge is -2.11. The molecule has 1 aliphatic heterocycles. The van der Waals surface area contributed by atoms with Crippen molar-refractivity contribution in [1.29, 1.82) is 0 Å². The Kier molecular flexibility index (Phi) is 2.29. The van der Waals surface area contributed by atoms with Gasteiger partial charge in [0.25, 0.3) is 0 Å². The van der Waals surface area contributed by atoms with Crippen LogP contribution in [0.15, 0.2) is 40.1 Å². The Balaban J connectivity index is 2.30. The van der Waals surface area contributed by atoms with Gasteiger partial charge < -0.3 is 5.73 Å². The highest BCUT2D eigenvalue weighted by Gasteiger charge is 2.24. The maximum Gasteiger partial charge on any atom is 0.155 e. The second-order valence-corrected chi connectivity index (χ2v) is 3.26. The van der Waals surface area contributed by atoms with E-state index >= 15 is 0 Å². The van der Waals surface area contributed by atoms with Crippen molar-refractivity contribution in [2.24, 2.45) is 10.7 Å². The van der Waals surface area contributed by atoms with Crippen LogP contribution in [0.2, 0.25) is 0 Å². The second kappa shape index (κ2) is 3.46. The minimum atomic E-state index is -0.788. The Morgan fingerprint density at radius 1 is 1.43 bits per heavy atom. The molecule has 4 heteroatoms. The van der Waals surface area contributed by atoms with E-state index in [4.69, 9.17) is 5.73 Å². The molecule has 1 aliphatic carbocycles. The van der Waals surface area contributed by atoms with Crippen molar-refractivity contribution in [3.63, 3.8) is 0 Å². The van der Waals surface area contributed by atoms with Gasteiger partial charge in [-0.3, -0.25) is 4.99 Å². The number of hydrogen-bond acceptors (Lipinski definition) is 2. The zero-order valence-corrected chi connectivity index (χ0v) is 7.56. The van der Waals surface area contributed by atoms with Gasteiger partial charge in [-0.05, 0) is 24.6 Å². The summed E-state index contributed by atoms with van der Waals surface area (Å²) in [4.78, 5) is 4.03. The average molecular weight is 196 g/mol. The van der Waals surface area contributed by atoms with Crippen LogP contribution in [-0.2, 0) is 0 Å². The third-order valence-electron chi connectivity index (χ3n) is 2.30. The van der Waals surface area contributed by atoms with Crippen LogP contribution < -0.4 is 5.73 Å². The first-order chi connectivity index (χ1) is 6.72. The molecule has 2 N–H and O–H groups in total. The second-order valence-electron chi connectivity index (χ2n) is 3.26. The number of rotatable bonds is 2. The van der Waals surface area contributed by atoms with Gasteiger partial charge >= 0.3 is 0 Å². The fourth-order valence-electron chi connectivity index (χ4n) is 1.59. The lowest BCUT2D eigenvalue weighted by atomic mass is 9.95. The zero-order chi connectivity index (χ0) is 10.1. The summed E-state index contributed by atoms with van der Waals surface area (Å²) in [7, 11) is 0. The highest BCUT2D eigenvalue weighted by Crippen LogP contribution is 2.32. The summed E-state index contributed by atoms with van der Waals surface area (Å²) in [6, 6.07) is 0. The highest BCUT2D eigenvalue weighted by atomic mass is 19.2. The van der Waals surface area contributed by atoms with E-state index in [-0.39, 0.29) is 6.42 Å². The topological polar surface area (TPSA) is 38.4 Å². The summed E-state index contributed by atoms with van der Waals surface area (Å²) in [5.41, 5.74) is 7.59. The van der Waals surface area contributed by atoms with Crippen molar-refractivity contribution in [1.82, 2.24) is 0 Å². The molecule has 0 spiro atoms. The van der Waals surface area contributed by atoms with Gasteiger partial charge in [0.05, 0.1) is 5.71 Å². The molecule has 0 saturated heterocycles. The molecule has 0 unspecified atom stereocenters. The van der Waals surface area contributed by atoms with Gasteiger partial charge in [0.1, 0.15) is 5.83 Å². The lowest BCUT2D eigenvalue weighted by molar-refractivity contribution is 0.541. The lowest BCUT2D eigenvalue weighted by Crippen LogP contribution is -2.09. The monoisotopic (exact) mass is 196 g/mol. The van der Waals surface area contributed by atoms with E-state index in [9.17, 15) is 8.78 Å². The number of aliphatic imine (C=N–C) groups is 1. The van der Waals surface area contributed by atoms with E-state index in [2.05, 4.69) is 4.99 Å². The number of nitrogens with zero attached hydrogens (tertiary/aromatic N) is 1. The maximum atomic E-state index is 12.9. The van der Waals surface area contributed by atoms with Gasteiger partial charge in [-0.2, -0.15) is 0 Å². The van der Waals surface area contributed by atoms with Crippen LogP contribution in [0.4, 0.5) is 8.78 Å². The molecule has 0 bridgehead atoms. The van der Waals surface area contributed by atoms with E-state index in [1.807, 2.05) is 0 Å². The minimum absolute atomic E-state index is 0.0394. The van der Waals surface area contributed by atoms with E-state index in [1.165, 1.54) is 6.08 Å². The van der Waals surface area contributed by atoms with Crippen LogP contribution >= 0.6 is 0 Å². The molecule has 0 radical (unpaired) electrons. The highest BCUT2D eigenvalue weighted by molar-refractivity contribution is 6.08. The van der Waals surface area contributed by atoms with Crippen molar-refractivity contribution in [2.75, 3.05) is 6.54 Å². The average Bonchev–Trinajstić information content (AvgIpc) is 2.51. The van der Waals surface area contributed by atoms with Crippen LogP contribution in [0.3, 0.4) is 0 Å². The molecule has 2 nitrogen and oxygen atoms in total. The Labute approximate surface area is 80.5 Å². The Morgan fingerprint density at radius 2 is 2.21 bits per heavy atom. The predicted molar refractivity (Wildman–Crippen MR) is 51.1 cm³/mol. The van der Waals surface area contributed by atoms with Crippen molar-refractivity contribution in [3.05, 3.63) is 35.1 Å². The molecule has 0 fully saturated rings. The van der Waals surface area contributed by atoms with Crippen LogP contribution in [0, 0.1) is 0 Å². The predicted octanol–water partition coefficient (Wildman–Crippen LogP) is 2.15. The Hall–Kier alpha value is -1.29. The molecule has 2 aliphatic rings.